The average molecular weight is 817 g/mol. The van der Waals surface area contributed by atoms with E-state index >= 15 is 0 Å². The summed E-state index contributed by atoms with van der Waals surface area (Å²) in [5, 5.41) is 12.4. The van der Waals surface area contributed by atoms with Crippen molar-refractivity contribution in [3.05, 3.63) is 104 Å². The van der Waals surface area contributed by atoms with Gasteiger partial charge in [-0.2, -0.15) is 0 Å². The van der Waals surface area contributed by atoms with Gasteiger partial charge in [0.15, 0.2) is 0 Å². The highest BCUT2D eigenvalue weighted by Gasteiger charge is 2.28. The van der Waals surface area contributed by atoms with E-state index in [1.54, 1.807) is 41.9 Å². The molecule has 0 saturated carbocycles. The van der Waals surface area contributed by atoms with E-state index in [4.69, 9.17) is 4.74 Å². The molecule has 15 heteroatoms. The van der Waals surface area contributed by atoms with Crippen molar-refractivity contribution in [3.63, 3.8) is 0 Å². The molecule has 3 heterocycles. The number of urea groups is 1. The summed E-state index contributed by atoms with van der Waals surface area (Å²) in [6, 6.07) is 18.2. The minimum absolute atomic E-state index is 0.0568. The summed E-state index contributed by atoms with van der Waals surface area (Å²) in [4.78, 5) is 68.2. The van der Waals surface area contributed by atoms with E-state index in [1.807, 2.05) is 70.9 Å². The lowest BCUT2D eigenvalue weighted by molar-refractivity contribution is -0.130. The van der Waals surface area contributed by atoms with Crippen molar-refractivity contribution in [2.24, 2.45) is 0 Å². The van der Waals surface area contributed by atoms with Gasteiger partial charge in [0.25, 0.3) is 0 Å². The predicted molar refractivity (Wildman–Crippen MR) is 224 cm³/mol. The van der Waals surface area contributed by atoms with Gasteiger partial charge in [-0.3, -0.25) is 19.5 Å². The van der Waals surface area contributed by atoms with Crippen LogP contribution in [0.15, 0.2) is 77.8 Å². The van der Waals surface area contributed by atoms with Crippen LogP contribution in [0.2, 0.25) is 0 Å². The van der Waals surface area contributed by atoms with Crippen LogP contribution < -0.4 is 16.0 Å². The third-order valence-corrected chi connectivity index (χ3v) is 11.9. The van der Waals surface area contributed by atoms with Crippen molar-refractivity contribution < 1.29 is 23.9 Å². The van der Waals surface area contributed by atoms with E-state index in [9.17, 15) is 19.2 Å². The van der Waals surface area contributed by atoms with Crippen molar-refractivity contribution in [1.82, 2.24) is 40.6 Å². The smallest absolute Gasteiger partial charge is 0.407 e. The highest BCUT2D eigenvalue weighted by molar-refractivity contribution is 7.09. The number of aromatic nitrogens is 2. The number of benzene rings is 2. The summed E-state index contributed by atoms with van der Waals surface area (Å²) in [7, 11) is 1.71. The van der Waals surface area contributed by atoms with Gasteiger partial charge in [-0.1, -0.05) is 74.5 Å². The molecule has 0 aliphatic carbocycles. The first-order chi connectivity index (χ1) is 27.5. The van der Waals surface area contributed by atoms with Crippen LogP contribution in [0.1, 0.15) is 72.7 Å². The number of carbonyl (C=O) groups is 4. The molecule has 4 aromatic rings. The molecular formula is C42H56N8O5S2. The fourth-order valence-electron chi connectivity index (χ4n) is 6.71. The summed E-state index contributed by atoms with van der Waals surface area (Å²) in [6.07, 6.45) is 3.83. The number of rotatable bonds is 19. The summed E-state index contributed by atoms with van der Waals surface area (Å²) < 4.78 is 5.53. The Labute approximate surface area is 344 Å². The zero-order valence-electron chi connectivity index (χ0n) is 33.4. The highest BCUT2D eigenvalue weighted by atomic mass is 32.1. The maximum Gasteiger partial charge on any atom is 0.407 e. The number of amides is 5. The summed E-state index contributed by atoms with van der Waals surface area (Å²) in [5.41, 5.74) is 4.64. The van der Waals surface area contributed by atoms with Crippen molar-refractivity contribution in [1.29, 1.82) is 0 Å². The highest BCUT2D eigenvalue weighted by Crippen LogP contribution is 2.20. The van der Waals surface area contributed by atoms with Gasteiger partial charge < -0.3 is 30.5 Å². The molecule has 5 rings (SSSR count). The number of nitrogens with zero attached hydrogens (tertiary/aromatic N) is 5. The Morgan fingerprint density at radius 1 is 0.842 bits per heavy atom. The quantitative estimate of drug-likeness (QED) is 0.107. The first kappa shape index (κ1) is 43.3. The minimum atomic E-state index is -0.814. The molecule has 0 bridgehead atoms. The number of ether oxygens (including phenoxy) is 1. The SMILES string of the molecule is CC(=O)N1CCN(CCC(NC(=O)N(C)Cc2csc(C(C)C)n2)C(=O)NC(CCC(Cc2ccccc2)NC(=O)OCc2cncs2)Cc2ccccc2)CC1. The van der Waals surface area contributed by atoms with E-state index in [0.29, 0.717) is 77.3 Å². The summed E-state index contributed by atoms with van der Waals surface area (Å²) in [6.45, 7) is 9.44. The maximum atomic E-state index is 14.3. The van der Waals surface area contributed by atoms with Gasteiger partial charge in [-0.05, 0) is 43.2 Å². The molecule has 3 unspecified atom stereocenters. The average Bonchev–Trinajstić information content (AvgIpc) is 3.91. The van der Waals surface area contributed by atoms with Crippen LogP contribution in [-0.2, 0) is 40.3 Å². The molecule has 3 N–H and O–H groups in total. The van der Waals surface area contributed by atoms with Gasteiger partial charge in [0.05, 0.1) is 27.6 Å². The molecule has 5 amide bonds. The van der Waals surface area contributed by atoms with Gasteiger partial charge in [-0.25, -0.2) is 14.6 Å². The molecule has 1 aliphatic heterocycles. The van der Waals surface area contributed by atoms with Crippen LogP contribution >= 0.6 is 22.7 Å². The fourth-order valence-corrected chi connectivity index (χ4v) is 8.04. The normalized spacial score (nSPS) is 14.7. The predicted octanol–water partition coefficient (Wildman–Crippen LogP) is 5.83. The lowest BCUT2D eigenvalue weighted by atomic mass is 9.95. The molecule has 306 valence electrons. The Morgan fingerprint density at radius 2 is 1.47 bits per heavy atom. The third-order valence-electron chi connectivity index (χ3n) is 9.99. The molecular weight excluding hydrogens is 761 g/mol. The molecule has 57 heavy (non-hydrogen) atoms. The van der Waals surface area contributed by atoms with E-state index in [2.05, 4.69) is 44.7 Å². The first-order valence-electron chi connectivity index (χ1n) is 19.6. The number of alkyl carbamates (subject to hydrolysis) is 1. The molecule has 1 saturated heterocycles. The topological polar surface area (TPSA) is 149 Å². The molecule has 0 spiro atoms. The molecule has 1 fully saturated rings. The van der Waals surface area contributed by atoms with Gasteiger partial charge in [0.2, 0.25) is 11.8 Å². The van der Waals surface area contributed by atoms with Crippen LogP contribution in [0, 0.1) is 0 Å². The van der Waals surface area contributed by atoms with Crippen molar-refractivity contribution in [2.75, 3.05) is 39.8 Å². The van der Waals surface area contributed by atoms with Crippen molar-refractivity contribution >= 4 is 46.6 Å². The Hall–Kier alpha value is -4.86. The molecule has 2 aromatic carbocycles. The van der Waals surface area contributed by atoms with E-state index in [-0.39, 0.29) is 36.5 Å². The van der Waals surface area contributed by atoms with E-state index < -0.39 is 12.1 Å². The monoisotopic (exact) mass is 816 g/mol. The van der Waals surface area contributed by atoms with Gasteiger partial charge in [0.1, 0.15) is 12.6 Å². The van der Waals surface area contributed by atoms with Gasteiger partial charge >= 0.3 is 12.1 Å². The third kappa shape index (κ3) is 14.5. The Morgan fingerprint density at radius 3 is 2.04 bits per heavy atom. The number of carbonyl (C=O) groups excluding carboxylic acids is 4. The van der Waals surface area contributed by atoms with Crippen LogP contribution in [0.3, 0.4) is 0 Å². The van der Waals surface area contributed by atoms with Gasteiger partial charge in [0, 0.05) is 76.3 Å². The summed E-state index contributed by atoms with van der Waals surface area (Å²) >= 11 is 3.00. The molecule has 13 nitrogen and oxygen atoms in total. The minimum Gasteiger partial charge on any atom is -0.444 e. The second-order valence-corrected chi connectivity index (χ2v) is 16.7. The molecule has 2 aromatic heterocycles. The number of nitrogens with one attached hydrogen (secondary N) is 3. The number of hydrogen-bond acceptors (Lipinski definition) is 10. The Kier molecular flexibility index (Phi) is 16.8. The van der Waals surface area contributed by atoms with E-state index in [1.165, 1.54) is 11.3 Å². The summed E-state index contributed by atoms with van der Waals surface area (Å²) in [5.74, 6) is 0.0816. The largest absolute Gasteiger partial charge is 0.444 e. The van der Waals surface area contributed by atoms with Gasteiger partial charge in [-0.15, -0.1) is 22.7 Å². The zero-order valence-corrected chi connectivity index (χ0v) is 35.0. The van der Waals surface area contributed by atoms with Crippen LogP contribution in [0.5, 0.6) is 0 Å². The number of thiazole rings is 2. The first-order valence-corrected chi connectivity index (χ1v) is 21.4. The Balaban J connectivity index is 1.29. The molecule has 3 atom stereocenters. The second-order valence-electron chi connectivity index (χ2n) is 14.9. The van der Waals surface area contributed by atoms with E-state index in [0.717, 1.165) is 26.7 Å². The Bertz CT molecular complexity index is 1830. The maximum absolute atomic E-state index is 14.3. The fraction of sp³-hybridized carbons (Fsp3) is 0.476. The van der Waals surface area contributed by atoms with Crippen LogP contribution in [-0.4, -0.2) is 107 Å². The number of piperazine rings is 1. The lowest BCUT2D eigenvalue weighted by Gasteiger charge is -2.35. The standard InChI is InChI=1S/C42H56N8O5S2/c1-30(2)40-45-36(28-56-40)26-48(4)41(53)47-38(17-18-49-19-21-50(22-20-49)31(3)51)39(52)44-34(23-32-11-7-5-8-12-32)15-16-35(24-33-13-9-6-10-14-33)46-42(54)55-27-37-25-43-29-57-37/h5-14,25,28-30,34-35,38H,15-24,26-27H2,1-4H3,(H,44,52)(H,46,54)(H,47,53). The molecule has 1 aliphatic rings. The molecule has 0 radical (unpaired) electrons. The van der Waals surface area contributed by atoms with Crippen molar-refractivity contribution in [2.45, 2.75) is 90.1 Å². The lowest BCUT2D eigenvalue weighted by Crippen LogP contribution is -2.54. The zero-order chi connectivity index (χ0) is 40.6. The van der Waals surface area contributed by atoms with Crippen LogP contribution in [0.25, 0.3) is 0 Å². The van der Waals surface area contributed by atoms with Crippen LogP contribution in [0.4, 0.5) is 9.59 Å². The number of hydrogen-bond donors (Lipinski definition) is 3. The van der Waals surface area contributed by atoms with Crippen molar-refractivity contribution in [3.8, 4) is 0 Å². The second kappa shape index (κ2) is 22.2.